The molecule has 142 valence electrons. The largest absolute Gasteiger partial charge is 0.179 e. The minimum atomic E-state index is 0. The van der Waals surface area contributed by atoms with E-state index < -0.39 is 0 Å². The maximum absolute atomic E-state index is 3.30. The summed E-state index contributed by atoms with van der Waals surface area (Å²) in [5, 5.41) is 0. The zero-order chi connectivity index (χ0) is 18.5. The predicted octanol–water partition coefficient (Wildman–Crippen LogP) is -0.132. The molecule has 4 aromatic carbocycles. The van der Waals surface area contributed by atoms with Crippen molar-refractivity contribution in [3.63, 3.8) is 0 Å². The molecule has 0 bridgehead atoms. The molecule has 0 aromatic heterocycles. The van der Waals surface area contributed by atoms with Crippen LogP contribution in [0.2, 0.25) is 0 Å². The predicted molar refractivity (Wildman–Crippen MR) is 110 cm³/mol. The number of rotatable bonds is 2. The first-order valence-electron chi connectivity index (χ1n) is 9.10. The molecule has 0 spiro atoms. The fourth-order valence-corrected chi connectivity index (χ4v) is 4.19. The third-order valence-corrected chi connectivity index (χ3v) is 6.16. The number of halogens is 2. The second-order valence-corrected chi connectivity index (χ2v) is 7.73. The van der Waals surface area contributed by atoms with Crippen LogP contribution in [0.15, 0.2) is 103 Å². The Morgan fingerprint density at radius 3 is 1.76 bits per heavy atom. The van der Waals surface area contributed by atoms with Gasteiger partial charge in [-0.3, -0.25) is 0 Å². The molecular weight excluding hydrogens is 474 g/mol. The Morgan fingerprint density at radius 1 is 0.621 bits per heavy atom. The van der Waals surface area contributed by atoms with Crippen LogP contribution in [0.4, 0.5) is 0 Å². The van der Waals surface area contributed by atoms with Crippen LogP contribution in [0.5, 0.6) is 0 Å². The summed E-state index contributed by atoms with van der Waals surface area (Å²) in [6.07, 6.45) is 1.05. The van der Waals surface area contributed by atoms with Crippen LogP contribution >= 0.6 is 0 Å². The van der Waals surface area contributed by atoms with E-state index in [-0.39, 0.29) is 24.8 Å². The topological polar surface area (TPSA) is 0 Å². The van der Waals surface area contributed by atoms with Crippen molar-refractivity contribution < 1.29 is 49.0 Å². The molecule has 1 aliphatic rings. The second kappa shape index (κ2) is 11.4. The third kappa shape index (κ3) is 5.64. The maximum atomic E-state index is 3.30. The Labute approximate surface area is 200 Å². The van der Waals surface area contributed by atoms with Gasteiger partial charge in [-0.1, -0.05) is 35.4 Å². The van der Waals surface area contributed by atoms with Gasteiger partial charge >= 0.3 is 99.2 Å². The molecule has 0 unspecified atom stereocenters. The zero-order valence-corrected chi connectivity index (χ0v) is 19.7. The number of hydrogen-bond donors (Lipinski definition) is 0. The van der Waals surface area contributed by atoms with Gasteiger partial charge in [0.2, 0.25) is 0 Å². The fraction of sp³-hybridized carbons (Fsp3) is 0.0385. The molecule has 0 amide bonds. The van der Waals surface area contributed by atoms with Gasteiger partial charge in [0, 0.05) is 0 Å². The van der Waals surface area contributed by atoms with E-state index in [4.69, 9.17) is 0 Å². The first kappa shape index (κ1) is 23.5. The van der Waals surface area contributed by atoms with Gasteiger partial charge in [-0.25, -0.2) is 0 Å². The fourth-order valence-electron chi connectivity index (χ4n) is 3.37. The van der Waals surface area contributed by atoms with Crippen molar-refractivity contribution >= 4 is 3.21 Å². The minimum Gasteiger partial charge on any atom is -0.179 e. The van der Waals surface area contributed by atoms with Crippen molar-refractivity contribution in [1.29, 1.82) is 0 Å². The molecule has 0 saturated carbocycles. The summed E-state index contributed by atoms with van der Waals surface area (Å²) >= 11 is 1.46. The molecule has 5 rings (SSSR count). The molecule has 0 aliphatic heterocycles. The van der Waals surface area contributed by atoms with Crippen molar-refractivity contribution in [1.82, 2.24) is 0 Å². The molecule has 0 heterocycles. The molecule has 0 atom stereocenters. The van der Waals surface area contributed by atoms with Crippen LogP contribution in [-0.2, 0) is 30.7 Å². The molecule has 0 saturated heterocycles. The van der Waals surface area contributed by atoms with Crippen LogP contribution < -0.4 is 24.8 Å². The SMILES string of the molecule is [Cl-].[Cl-].[Zr+2]=[C](c1ccccc1)c1ccccc1.[c-]1cccc2c1Cc1ccccc1-2. The Morgan fingerprint density at radius 2 is 1.14 bits per heavy atom. The van der Waals surface area contributed by atoms with Gasteiger partial charge in [-0.15, -0.1) is 5.56 Å². The minimum absolute atomic E-state index is 0. The Kier molecular flexibility index (Phi) is 9.24. The van der Waals surface area contributed by atoms with Gasteiger partial charge in [0.1, 0.15) is 0 Å². The van der Waals surface area contributed by atoms with Gasteiger partial charge < -0.3 is 24.8 Å². The second-order valence-electron chi connectivity index (χ2n) is 6.50. The van der Waals surface area contributed by atoms with Crippen molar-refractivity contribution in [3.05, 3.63) is 131 Å². The Balaban J connectivity index is 0.000000194. The quantitative estimate of drug-likeness (QED) is 0.301. The van der Waals surface area contributed by atoms with Gasteiger partial charge in [0.05, 0.1) is 0 Å². The smallest absolute Gasteiger partial charge is 0.0253 e. The van der Waals surface area contributed by atoms with Crippen LogP contribution in [-0.4, -0.2) is 3.21 Å². The van der Waals surface area contributed by atoms with E-state index in [0.717, 1.165) is 6.42 Å². The standard InChI is InChI=1S/C13H9.C13H10.2ClH.Zr/c1-3-7-12-10(5-1)9-11-6-2-4-8-13(11)12;1-3-7-12(8-4-1)11-13-9-5-2-6-10-13;;;/h1-5,7-8H,9H2;1-10H;2*1H;/q-1;;;;+2/p-2. The summed E-state index contributed by atoms with van der Waals surface area (Å²) in [5.41, 5.74) is 8.17. The van der Waals surface area contributed by atoms with Gasteiger partial charge in [0.25, 0.3) is 0 Å². The summed E-state index contributed by atoms with van der Waals surface area (Å²) in [4.78, 5) is 0. The van der Waals surface area contributed by atoms with E-state index in [9.17, 15) is 0 Å². The number of fused-ring (bicyclic) bond motifs is 3. The van der Waals surface area contributed by atoms with E-state index in [1.165, 1.54) is 60.8 Å². The van der Waals surface area contributed by atoms with Crippen LogP contribution in [0.25, 0.3) is 11.1 Å². The average Bonchev–Trinajstić information content (AvgIpc) is 3.14. The van der Waals surface area contributed by atoms with Crippen LogP contribution in [0, 0.1) is 6.07 Å². The van der Waals surface area contributed by atoms with Crippen molar-refractivity contribution in [3.8, 4) is 11.1 Å². The van der Waals surface area contributed by atoms with Gasteiger partial charge in [-0.05, 0) is 6.42 Å². The number of benzene rings is 4. The molecule has 0 nitrogen and oxygen atoms in total. The molecule has 3 heteroatoms. The summed E-state index contributed by atoms with van der Waals surface area (Å²) in [5.74, 6) is 0. The molecule has 29 heavy (non-hydrogen) atoms. The normalized spacial score (nSPS) is 10.3. The molecular formula is C26H19Cl2Zr-. The van der Waals surface area contributed by atoms with Crippen molar-refractivity contribution in [2.75, 3.05) is 0 Å². The van der Waals surface area contributed by atoms with E-state index >= 15 is 0 Å². The van der Waals surface area contributed by atoms with Crippen LogP contribution in [0.1, 0.15) is 22.3 Å². The first-order valence-corrected chi connectivity index (χ1v) is 10.3. The summed E-state index contributed by atoms with van der Waals surface area (Å²) < 4.78 is 1.42. The summed E-state index contributed by atoms with van der Waals surface area (Å²) in [7, 11) is 0. The Hall–Kier alpha value is -1.79. The molecule has 1 aliphatic carbocycles. The molecule has 0 N–H and O–H groups in total. The molecule has 0 radical (unpaired) electrons. The third-order valence-electron chi connectivity index (χ3n) is 4.74. The summed E-state index contributed by atoms with van der Waals surface area (Å²) in [6.45, 7) is 0. The van der Waals surface area contributed by atoms with E-state index in [0.29, 0.717) is 0 Å². The molecule has 4 aromatic rings. The Bertz CT molecular complexity index is 975. The van der Waals surface area contributed by atoms with Crippen molar-refractivity contribution in [2.45, 2.75) is 6.42 Å². The average molecular weight is 494 g/mol. The molecule has 0 fully saturated rings. The van der Waals surface area contributed by atoms with E-state index in [1.807, 2.05) is 6.07 Å². The zero-order valence-electron chi connectivity index (χ0n) is 15.8. The van der Waals surface area contributed by atoms with E-state index in [2.05, 4.69) is 103 Å². The monoisotopic (exact) mass is 491 g/mol. The summed E-state index contributed by atoms with van der Waals surface area (Å²) in [6, 6.07) is 39.2. The first-order chi connectivity index (χ1) is 13.3. The number of hydrogen-bond acceptors (Lipinski definition) is 0. The van der Waals surface area contributed by atoms with Crippen molar-refractivity contribution in [2.24, 2.45) is 0 Å². The van der Waals surface area contributed by atoms with Crippen LogP contribution in [0.3, 0.4) is 0 Å². The van der Waals surface area contributed by atoms with E-state index in [1.54, 1.807) is 0 Å². The van der Waals surface area contributed by atoms with Gasteiger partial charge in [-0.2, -0.15) is 29.8 Å². The maximum Gasteiger partial charge on any atom is -0.0253 e. The van der Waals surface area contributed by atoms with Gasteiger partial charge in [0.15, 0.2) is 0 Å².